The third kappa shape index (κ3) is 3.91. The number of rotatable bonds is 4. The van der Waals surface area contributed by atoms with Gasteiger partial charge in [-0.1, -0.05) is 23.2 Å². The summed E-state index contributed by atoms with van der Waals surface area (Å²) in [5, 5.41) is 12.6. The average Bonchev–Trinajstić information content (AvgIpc) is 2.96. The van der Waals surface area contributed by atoms with Crippen LogP contribution in [0, 0.1) is 0 Å². The zero-order valence-corrected chi connectivity index (χ0v) is 13.7. The van der Waals surface area contributed by atoms with Gasteiger partial charge in [0.1, 0.15) is 6.04 Å². The smallest absolute Gasteiger partial charge is 0.256 e. The van der Waals surface area contributed by atoms with Crippen molar-refractivity contribution in [3.8, 4) is 0 Å². The molecule has 1 aromatic rings. The minimum atomic E-state index is -0.628. The van der Waals surface area contributed by atoms with Gasteiger partial charge in [0.15, 0.2) is 0 Å². The van der Waals surface area contributed by atoms with E-state index in [1.54, 1.807) is 19.1 Å². The van der Waals surface area contributed by atoms with Crippen LogP contribution in [0.5, 0.6) is 0 Å². The Morgan fingerprint density at radius 3 is 2.86 bits per heavy atom. The van der Waals surface area contributed by atoms with E-state index < -0.39 is 12.1 Å². The molecule has 1 saturated heterocycles. The number of carbonyl (C=O) groups is 2. The molecule has 0 saturated carbocycles. The highest BCUT2D eigenvalue weighted by Crippen LogP contribution is 2.26. The summed E-state index contributed by atoms with van der Waals surface area (Å²) in [5.74, 6) is -0.563. The number of aliphatic hydroxyl groups excluding tert-OH is 1. The quantitative estimate of drug-likeness (QED) is 0.878. The minimum absolute atomic E-state index is 0.162. The SMILES string of the molecule is CC(O)CNC(=O)C1CCCN1C(=O)c1cc(Cl)ccc1Cl. The van der Waals surface area contributed by atoms with E-state index in [0.29, 0.717) is 28.6 Å². The van der Waals surface area contributed by atoms with E-state index in [2.05, 4.69) is 5.32 Å². The van der Waals surface area contributed by atoms with Crippen LogP contribution in [0.4, 0.5) is 0 Å². The van der Waals surface area contributed by atoms with Gasteiger partial charge in [0.05, 0.1) is 16.7 Å². The molecule has 22 heavy (non-hydrogen) atoms. The molecule has 1 aliphatic rings. The second-order valence-electron chi connectivity index (χ2n) is 5.37. The lowest BCUT2D eigenvalue weighted by Gasteiger charge is -2.24. The Balaban J connectivity index is 2.14. The van der Waals surface area contributed by atoms with Gasteiger partial charge in [-0.05, 0) is 38.0 Å². The first-order valence-corrected chi connectivity index (χ1v) is 7.87. The van der Waals surface area contributed by atoms with Crippen LogP contribution >= 0.6 is 23.2 Å². The Morgan fingerprint density at radius 2 is 2.18 bits per heavy atom. The van der Waals surface area contributed by atoms with Crippen molar-refractivity contribution in [2.75, 3.05) is 13.1 Å². The molecule has 1 heterocycles. The zero-order valence-electron chi connectivity index (χ0n) is 12.2. The molecule has 1 aliphatic heterocycles. The summed E-state index contributed by atoms with van der Waals surface area (Å²) < 4.78 is 0. The first-order valence-electron chi connectivity index (χ1n) is 7.12. The number of nitrogens with zero attached hydrogens (tertiary/aromatic N) is 1. The fourth-order valence-electron chi connectivity index (χ4n) is 2.46. The van der Waals surface area contributed by atoms with Crippen LogP contribution < -0.4 is 5.32 Å². The number of aliphatic hydroxyl groups is 1. The second-order valence-corrected chi connectivity index (χ2v) is 6.22. The van der Waals surface area contributed by atoms with E-state index in [9.17, 15) is 14.7 Å². The predicted octanol–water partition coefficient (Wildman–Crippen LogP) is 2.10. The first-order chi connectivity index (χ1) is 10.4. The van der Waals surface area contributed by atoms with E-state index in [4.69, 9.17) is 23.2 Å². The van der Waals surface area contributed by atoms with Crippen molar-refractivity contribution in [1.82, 2.24) is 10.2 Å². The summed E-state index contributed by atoms with van der Waals surface area (Å²) >= 11 is 12.0. The Bertz CT molecular complexity index is 578. The molecule has 1 aromatic carbocycles. The third-order valence-corrected chi connectivity index (χ3v) is 4.11. The van der Waals surface area contributed by atoms with Crippen LogP contribution in [0.3, 0.4) is 0 Å². The Hall–Kier alpha value is -1.30. The van der Waals surface area contributed by atoms with Crippen molar-refractivity contribution in [3.63, 3.8) is 0 Å². The predicted molar refractivity (Wildman–Crippen MR) is 85.2 cm³/mol. The van der Waals surface area contributed by atoms with Crippen LogP contribution in [-0.4, -0.2) is 47.1 Å². The molecular weight excluding hydrogens is 327 g/mol. The molecule has 2 N–H and O–H groups in total. The number of halogens is 2. The Morgan fingerprint density at radius 1 is 1.45 bits per heavy atom. The summed E-state index contributed by atoms with van der Waals surface area (Å²) in [4.78, 5) is 26.3. The van der Waals surface area contributed by atoms with Crippen molar-refractivity contribution in [2.45, 2.75) is 31.9 Å². The lowest BCUT2D eigenvalue weighted by molar-refractivity contribution is -0.125. The normalized spacial score (nSPS) is 19.1. The van der Waals surface area contributed by atoms with Gasteiger partial charge in [-0.25, -0.2) is 0 Å². The minimum Gasteiger partial charge on any atom is -0.392 e. The highest BCUT2D eigenvalue weighted by atomic mass is 35.5. The number of amides is 2. The number of benzene rings is 1. The summed E-state index contributed by atoms with van der Waals surface area (Å²) in [5.41, 5.74) is 0.296. The zero-order chi connectivity index (χ0) is 16.3. The Kier molecular flexibility index (Phi) is 5.67. The first kappa shape index (κ1) is 17.1. The molecule has 120 valence electrons. The highest BCUT2D eigenvalue weighted by molar-refractivity contribution is 6.35. The molecule has 5 nitrogen and oxygen atoms in total. The van der Waals surface area contributed by atoms with Gasteiger partial charge >= 0.3 is 0 Å². The second kappa shape index (κ2) is 7.31. The summed E-state index contributed by atoms with van der Waals surface area (Å²) in [7, 11) is 0. The molecule has 2 amide bonds. The molecular formula is C15H18Cl2N2O3. The van der Waals surface area contributed by atoms with E-state index in [0.717, 1.165) is 6.42 Å². The van der Waals surface area contributed by atoms with Gasteiger partial charge in [0.2, 0.25) is 5.91 Å². The maximum absolute atomic E-state index is 12.6. The lowest BCUT2D eigenvalue weighted by atomic mass is 10.1. The maximum Gasteiger partial charge on any atom is 0.256 e. The Labute approximate surface area is 139 Å². The third-order valence-electron chi connectivity index (χ3n) is 3.55. The molecule has 0 radical (unpaired) electrons. The van der Waals surface area contributed by atoms with Gasteiger partial charge in [-0.2, -0.15) is 0 Å². The molecule has 7 heteroatoms. The average molecular weight is 345 g/mol. The van der Waals surface area contributed by atoms with Crippen LogP contribution in [0.25, 0.3) is 0 Å². The molecule has 0 aliphatic carbocycles. The number of nitrogens with one attached hydrogen (secondary N) is 1. The molecule has 0 spiro atoms. The van der Waals surface area contributed by atoms with Crippen LogP contribution in [0.1, 0.15) is 30.1 Å². The van der Waals surface area contributed by atoms with Crippen molar-refractivity contribution < 1.29 is 14.7 Å². The van der Waals surface area contributed by atoms with E-state index in [-0.39, 0.29) is 18.4 Å². The van der Waals surface area contributed by atoms with Gasteiger partial charge < -0.3 is 15.3 Å². The molecule has 2 rings (SSSR count). The van der Waals surface area contributed by atoms with Crippen LogP contribution in [0.2, 0.25) is 10.0 Å². The van der Waals surface area contributed by atoms with Crippen LogP contribution in [-0.2, 0) is 4.79 Å². The van der Waals surface area contributed by atoms with Gasteiger partial charge in [0.25, 0.3) is 5.91 Å². The lowest BCUT2D eigenvalue weighted by Crippen LogP contribution is -2.47. The largest absolute Gasteiger partial charge is 0.392 e. The molecule has 0 aromatic heterocycles. The molecule has 2 unspecified atom stereocenters. The monoisotopic (exact) mass is 344 g/mol. The number of likely N-dealkylation sites (tertiary alicyclic amines) is 1. The van der Waals surface area contributed by atoms with Gasteiger partial charge in [-0.15, -0.1) is 0 Å². The van der Waals surface area contributed by atoms with Gasteiger partial charge in [0, 0.05) is 18.1 Å². The van der Waals surface area contributed by atoms with Crippen molar-refractivity contribution >= 4 is 35.0 Å². The van der Waals surface area contributed by atoms with E-state index in [1.165, 1.54) is 11.0 Å². The number of carbonyl (C=O) groups excluding carboxylic acids is 2. The fourth-order valence-corrected chi connectivity index (χ4v) is 2.84. The number of hydrogen-bond donors (Lipinski definition) is 2. The standard InChI is InChI=1S/C15H18Cl2N2O3/c1-9(20)8-18-14(21)13-3-2-6-19(13)15(22)11-7-10(16)4-5-12(11)17/h4-5,7,9,13,20H,2-3,6,8H2,1H3,(H,18,21). The van der Waals surface area contributed by atoms with Crippen LogP contribution in [0.15, 0.2) is 18.2 Å². The molecule has 2 atom stereocenters. The number of hydrogen-bond acceptors (Lipinski definition) is 3. The molecule has 1 fully saturated rings. The summed E-state index contributed by atoms with van der Waals surface area (Å²) in [6.07, 6.45) is 0.712. The fraction of sp³-hybridized carbons (Fsp3) is 0.467. The summed E-state index contributed by atoms with van der Waals surface area (Å²) in [6, 6.07) is 4.14. The highest BCUT2D eigenvalue weighted by Gasteiger charge is 2.35. The van der Waals surface area contributed by atoms with Crippen molar-refractivity contribution in [1.29, 1.82) is 0 Å². The van der Waals surface area contributed by atoms with E-state index >= 15 is 0 Å². The van der Waals surface area contributed by atoms with Crippen molar-refractivity contribution in [3.05, 3.63) is 33.8 Å². The summed E-state index contributed by atoms with van der Waals surface area (Å²) in [6.45, 7) is 2.24. The van der Waals surface area contributed by atoms with Crippen molar-refractivity contribution in [2.24, 2.45) is 0 Å². The van der Waals surface area contributed by atoms with Gasteiger partial charge in [-0.3, -0.25) is 9.59 Å². The van der Waals surface area contributed by atoms with E-state index in [1.807, 2.05) is 0 Å². The molecule has 0 bridgehead atoms. The topological polar surface area (TPSA) is 69.6 Å². The maximum atomic E-state index is 12.6.